The Labute approximate surface area is 91.3 Å². The molecule has 0 saturated heterocycles. The first-order valence-electron chi connectivity index (χ1n) is 5.10. The van der Waals surface area contributed by atoms with Crippen LogP contribution in [0.4, 0.5) is 13.2 Å². The van der Waals surface area contributed by atoms with Gasteiger partial charge in [0.05, 0.1) is 5.56 Å². The minimum atomic E-state index is -4.34. The number of carbonyl (C=O) groups excluding carboxylic acids is 1. The number of benzene rings is 1. The van der Waals surface area contributed by atoms with Crippen molar-refractivity contribution in [2.45, 2.75) is 31.9 Å². The van der Waals surface area contributed by atoms with E-state index in [4.69, 9.17) is 0 Å². The molecule has 0 spiro atoms. The topological polar surface area (TPSA) is 17.1 Å². The Balaban J connectivity index is 2.45. The van der Waals surface area contributed by atoms with Crippen molar-refractivity contribution in [3.05, 3.63) is 34.9 Å². The molecule has 0 aromatic heterocycles. The van der Waals surface area contributed by atoms with Crippen molar-refractivity contribution in [2.75, 3.05) is 0 Å². The maximum atomic E-state index is 12.6. The Morgan fingerprint density at radius 3 is 2.44 bits per heavy atom. The molecule has 1 aromatic carbocycles. The molecule has 0 amide bonds. The first kappa shape index (κ1) is 11.2. The summed E-state index contributed by atoms with van der Waals surface area (Å²) in [4.78, 5) is 11.3. The molecule has 0 radical (unpaired) electrons. The van der Waals surface area contributed by atoms with Crippen molar-refractivity contribution >= 4 is 5.78 Å². The third-order valence-corrected chi connectivity index (χ3v) is 3.12. The molecular formula is C12H11F3O. The van der Waals surface area contributed by atoms with Crippen LogP contribution in [0.25, 0.3) is 0 Å². The second kappa shape index (κ2) is 3.61. The van der Waals surface area contributed by atoms with Gasteiger partial charge in [-0.05, 0) is 30.5 Å². The summed E-state index contributed by atoms with van der Waals surface area (Å²) in [5.41, 5.74) is 0.0869. The van der Waals surface area contributed by atoms with E-state index in [9.17, 15) is 18.0 Å². The van der Waals surface area contributed by atoms with Crippen molar-refractivity contribution < 1.29 is 18.0 Å². The van der Waals surface area contributed by atoms with E-state index >= 15 is 0 Å². The lowest BCUT2D eigenvalue weighted by Crippen LogP contribution is -2.24. The largest absolute Gasteiger partial charge is 0.416 e. The van der Waals surface area contributed by atoms with Crippen LogP contribution in [0.2, 0.25) is 0 Å². The maximum Gasteiger partial charge on any atom is 0.416 e. The van der Waals surface area contributed by atoms with Gasteiger partial charge >= 0.3 is 6.18 Å². The summed E-state index contributed by atoms with van der Waals surface area (Å²) < 4.78 is 37.9. The lowest BCUT2D eigenvalue weighted by Gasteiger charge is -2.27. The highest BCUT2D eigenvalue weighted by atomic mass is 19.4. The average molecular weight is 228 g/mol. The Morgan fingerprint density at radius 1 is 1.31 bits per heavy atom. The SMILES string of the molecule is Cc1c(C2CCC2=O)cccc1C(F)(F)F. The Kier molecular flexibility index (Phi) is 2.52. The number of Topliss-reactive ketones (excluding diaryl/α,β-unsaturated/α-hetero) is 1. The molecule has 0 heterocycles. The van der Waals surface area contributed by atoms with Gasteiger partial charge in [-0.2, -0.15) is 13.2 Å². The summed E-state index contributed by atoms with van der Waals surface area (Å²) in [5, 5.41) is 0. The molecule has 4 heteroatoms. The van der Waals surface area contributed by atoms with Crippen molar-refractivity contribution in [3.63, 3.8) is 0 Å². The summed E-state index contributed by atoms with van der Waals surface area (Å²) in [6, 6.07) is 4.05. The number of hydrogen-bond acceptors (Lipinski definition) is 1. The molecular weight excluding hydrogens is 217 g/mol. The van der Waals surface area contributed by atoms with E-state index in [0.717, 1.165) is 6.07 Å². The quantitative estimate of drug-likeness (QED) is 0.719. The minimum Gasteiger partial charge on any atom is -0.299 e. The number of alkyl halides is 3. The number of carbonyl (C=O) groups is 1. The molecule has 1 fully saturated rings. The maximum absolute atomic E-state index is 12.6. The Bertz CT molecular complexity index is 434. The molecule has 86 valence electrons. The fraction of sp³-hybridized carbons (Fsp3) is 0.417. The molecule has 1 unspecified atom stereocenters. The summed E-state index contributed by atoms with van der Waals surface area (Å²) in [6.45, 7) is 1.43. The molecule has 2 rings (SSSR count). The number of rotatable bonds is 1. The van der Waals surface area contributed by atoms with Crippen LogP contribution in [-0.4, -0.2) is 5.78 Å². The van der Waals surface area contributed by atoms with Crippen LogP contribution in [0, 0.1) is 6.92 Å². The van der Waals surface area contributed by atoms with Crippen LogP contribution in [0.5, 0.6) is 0 Å². The highest BCUT2D eigenvalue weighted by Gasteiger charge is 2.36. The number of hydrogen-bond donors (Lipinski definition) is 0. The van der Waals surface area contributed by atoms with Crippen LogP contribution < -0.4 is 0 Å². The van der Waals surface area contributed by atoms with E-state index in [1.807, 2.05) is 0 Å². The molecule has 0 bridgehead atoms. The van der Waals surface area contributed by atoms with Gasteiger partial charge in [0, 0.05) is 12.3 Å². The summed E-state index contributed by atoms with van der Waals surface area (Å²) in [6.07, 6.45) is -3.19. The third kappa shape index (κ3) is 1.72. The molecule has 1 atom stereocenters. The van der Waals surface area contributed by atoms with Gasteiger partial charge in [0.15, 0.2) is 0 Å². The van der Waals surface area contributed by atoms with Gasteiger partial charge in [0.1, 0.15) is 5.78 Å². The van der Waals surface area contributed by atoms with Gasteiger partial charge in [-0.25, -0.2) is 0 Å². The summed E-state index contributed by atoms with van der Waals surface area (Å²) in [7, 11) is 0. The van der Waals surface area contributed by atoms with E-state index in [0.29, 0.717) is 18.4 Å². The molecule has 1 aliphatic rings. The standard InChI is InChI=1S/C12H11F3O/c1-7-8(9-5-6-11(9)16)3-2-4-10(7)12(13,14)15/h2-4,9H,5-6H2,1H3. The number of halogens is 3. The van der Waals surface area contributed by atoms with E-state index in [2.05, 4.69) is 0 Å². The average Bonchev–Trinajstić information content (AvgIpc) is 2.17. The first-order valence-corrected chi connectivity index (χ1v) is 5.10. The van der Waals surface area contributed by atoms with Gasteiger partial charge in [-0.15, -0.1) is 0 Å². The van der Waals surface area contributed by atoms with Crippen LogP contribution in [0.15, 0.2) is 18.2 Å². The highest BCUT2D eigenvalue weighted by molar-refractivity contribution is 5.91. The van der Waals surface area contributed by atoms with Gasteiger partial charge in [-0.3, -0.25) is 4.79 Å². The van der Waals surface area contributed by atoms with E-state index in [-0.39, 0.29) is 17.3 Å². The zero-order chi connectivity index (χ0) is 11.9. The van der Waals surface area contributed by atoms with Crippen LogP contribution in [0.3, 0.4) is 0 Å². The van der Waals surface area contributed by atoms with Crippen LogP contribution in [0.1, 0.15) is 35.4 Å². The van der Waals surface area contributed by atoms with Crippen molar-refractivity contribution in [1.82, 2.24) is 0 Å². The fourth-order valence-corrected chi connectivity index (χ4v) is 2.07. The molecule has 0 N–H and O–H groups in total. The zero-order valence-corrected chi connectivity index (χ0v) is 8.77. The van der Waals surface area contributed by atoms with Gasteiger partial charge in [0.25, 0.3) is 0 Å². The second-order valence-electron chi connectivity index (χ2n) is 4.08. The van der Waals surface area contributed by atoms with Crippen LogP contribution in [-0.2, 0) is 11.0 Å². The summed E-state index contributed by atoms with van der Waals surface area (Å²) in [5.74, 6) is -0.273. The summed E-state index contributed by atoms with van der Waals surface area (Å²) >= 11 is 0. The third-order valence-electron chi connectivity index (χ3n) is 3.12. The normalized spacial score (nSPS) is 20.8. The number of ketones is 1. The predicted octanol–water partition coefficient (Wildman–Crippen LogP) is 3.46. The molecule has 0 aliphatic heterocycles. The van der Waals surface area contributed by atoms with E-state index in [1.54, 1.807) is 6.07 Å². The van der Waals surface area contributed by atoms with E-state index in [1.165, 1.54) is 13.0 Å². The van der Waals surface area contributed by atoms with Gasteiger partial charge in [0.2, 0.25) is 0 Å². The fourth-order valence-electron chi connectivity index (χ4n) is 2.07. The Morgan fingerprint density at radius 2 is 2.00 bits per heavy atom. The Hall–Kier alpha value is -1.32. The van der Waals surface area contributed by atoms with Crippen molar-refractivity contribution in [3.8, 4) is 0 Å². The van der Waals surface area contributed by atoms with Gasteiger partial charge < -0.3 is 0 Å². The molecule has 1 nitrogen and oxygen atoms in total. The molecule has 1 aromatic rings. The lowest BCUT2D eigenvalue weighted by molar-refractivity contribution is -0.138. The second-order valence-corrected chi connectivity index (χ2v) is 4.08. The highest BCUT2D eigenvalue weighted by Crippen LogP contribution is 2.39. The van der Waals surface area contributed by atoms with Crippen LogP contribution >= 0.6 is 0 Å². The van der Waals surface area contributed by atoms with Crippen molar-refractivity contribution in [1.29, 1.82) is 0 Å². The zero-order valence-electron chi connectivity index (χ0n) is 8.77. The smallest absolute Gasteiger partial charge is 0.299 e. The first-order chi connectivity index (χ1) is 7.41. The molecule has 1 saturated carbocycles. The molecule has 1 aliphatic carbocycles. The molecule has 16 heavy (non-hydrogen) atoms. The van der Waals surface area contributed by atoms with Crippen molar-refractivity contribution in [2.24, 2.45) is 0 Å². The lowest BCUT2D eigenvalue weighted by atomic mass is 9.76. The van der Waals surface area contributed by atoms with E-state index < -0.39 is 11.7 Å². The predicted molar refractivity (Wildman–Crippen MR) is 53.2 cm³/mol. The monoisotopic (exact) mass is 228 g/mol. The minimum absolute atomic E-state index is 0.0439. The van der Waals surface area contributed by atoms with Gasteiger partial charge in [-0.1, -0.05) is 12.1 Å².